The molecule has 1 saturated carbocycles. The van der Waals surface area contributed by atoms with E-state index in [1.807, 2.05) is 0 Å². The molecule has 1 fully saturated rings. The molecule has 1 aliphatic rings. The standard InChI is InChI=1S/C12H19N5O3/c1-2-8-5-3-4-6-10(8)20-11-9(17(18)19)7-14-12(15-11)16-13/h7-8,10H,2-6,13H2,1H3,(H,14,15,16). The van der Waals surface area contributed by atoms with Gasteiger partial charge in [-0.05, 0) is 31.6 Å². The molecule has 110 valence electrons. The lowest BCUT2D eigenvalue weighted by Gasteiger charge is -2.30. The van der Waals surface area contributed by atoms with E-state index in [-0.39, 0.29) is 23.6 Å². The summed E-state index contributed by atoms with van der Waals surface area (Å²) in [5.74, 6) is 5.74. The Bertz CT molecular complexity index is 482. The predicted octanol–water partition coefficient (Wildman–Crippen LogP) is 2.02. The summed E-state index contributed by atoms with van der Waals surface area (Å²) in [5.41, 5.74) is 2.04. The molecule has 0 aliphatic heterocycles. The fourth-order valence-electron chi connectivity index (χ4n) is 2.58. The van der Waals surface area contributed by atoms with Gasteiger partial charge in [0.2, 0.25) is 5.95 Å². The van der Waals surface area contributed by atoms with Gasteiger partial charge in [0.25, 0.3) is 5.88 Å². The highest BCUT2D eigenvalue weighted by Crippen LogP contribution is 2.33. The van der Waals surface area contributed by atoms with Crippen LogP contribution < -0.4 is 16.0 Å². The number of hydrogen-bond acceptors (Lipinski definition) is 7. The highest BCUT2D eigenvalue weighted by atomic mass is 16.6. The lowest BCUT2D eigenvalue weighted by atomic mass is 9.85. The molecule has 20 heavy (non-hydrogen) atoms. The number of nitrogens with one attached hydrogen (secondary N) is 1. The summed E-state index contributed by atoms with van der Waals surface area (Å²) >= 11 is 0. The average Bonchev–Trinajstić information content (AvgIpc) is 2.47. The van der Waals surface area contributed by atoms with Crippen molar-refractivity contribution in [3.8, 4) is 5.88 Å². The molecule has 8 heteroatoms. The molecule has 8 nitrogen and oxygen atoms in total. The van der Waals surface area contributed by atoms with Gasteiger partial charge >= 0.3 is 5.69 Å². The number of aromatic nitrogens is 2. The maximum atomic E-state index is 11.0. The molecule has 1 heterocycles. The van der Waals surface area contributed by atoms with Crippen molar-refractivity contribution in [1.29, 1.82) is 0 Å². The van der Waals surface area contributed by atoms with Crippen molar-refractivity contribution >= 4 is 11.6 Å². The molecule has 1 aliphatic carbocycles. The van der Waals surface area contributed by atoms with E-state index in [1.165, 1.54) is 6.42 Å². The van der Waals surface area contributed by atoms with Gasteiger partial charge in [-0.2, -0.15) is 4.98 Å². The smallest absolute Gasteiger partial charge is 0.349 e. The number of ether oxygens (including phenoxy) is 1. The second-order valence-corrected chi connectivity index (χ2v) is 4.89. The Morgan fingerprint density at radius 3 is 2.95 bits per heavy atom. The first kappa shape index (κ1) is 14.4. The van der Waals surface area contributed by atoms with Crippen LogP contribution >= 0.6 is 0 Å². The van der Waals surface area contributed by atoms with Gasteiger partial charge in [0.05, 0.1) is 4.92 Å². The maximum Gasteiger partial charge on any atom is 0.349 e. The normalized spacial score (nSPS) is 22.3. The lowest BCUT2D eigenvalue weighted by Crippen LogP contribution is -2.30. The molecular weight excluding hydrogens is 262 g/mol. The Morgan fingerprint density at radius 2 is 2.30 bits per heavy atom. The van der Waals surface area contributed by atoms with E-state index in [0.29, 0.717) is 5.92 Å². The largest absolute Gasteiger partial charge is 0.469 e. The number of nitrogen functional groups attached to an aromatic ring is 1. The van der Waals surface area contributed by atoms with Crippen molar-refractivity contribution in [2.45, 2.75) is 45.1 Å². The van der Waals surface area contributed by atoms with Crippen molar-refractivity contribution in [1.82, 2.24) is 9.97 Å². The van der Waals surface area contributed by atoms with Crippen LogP contribution in [0, 0.1) is 16.0 Å². The summed E-state index contributed by atoms with van der Waals surface area (Å²) in [7, 11) is 0. The first-order chi connectivity index (χ1) is 9.65. The summed E-state index contributed by atoms with van der Waals surface area (Å²) < 4.78 is 5.81. The molecule has 0 radical (unpaired) electrons. The van der Waals surface area contributed by atoms with Crippen molar-refractivity contribution < 1.29 is 9.66 Å². The van der Waals surface area contributed by atoms with Crippen LogP contribution in [0.2, 0.25) is 0 Å². The topological polar surface area (TPSA) is 116 Å². The zero-order chi connectivity index (χ0) is 14.5. The molecule has 0 spiro atoms. The van der Waals surface area contributed by atoms with E-state index in [1.54, 1.807) is 0 Å². The van der Waals surface area contributed by atoms with E-state index in [9.17, 15) is 10.1 Å². The van der Waals surface area contributed by atoms with Crippen LogP contribution in [0.15, 0.2) is 6.20 Å². The molecule has 1 aromatic rings. The number of nitrogens with two attached hydrogens (primary N) is 1. The summed E-state index contributed by atoms with van der Waals surface area (Å²) in [5, 5.41) is 11.0. The Labute approximate surface area is 116 Å². The number of rotatable bonds is 5. The van der Waals surface area contributed by atoms with E-state index in [4.69, 9.17) is 10.6 Å². The zero-order valence-corrected chi connectivity index (χ0v) is 11.4. The molecule has 0 amide bonds. The minimum absolute atomic E-state index is 0.0108. The number of anilines is 1. The average molecular weight is 281 g/mol. The highest BCUT2D eigenvalue weighted by Gasteiger charge is 2.29. The Kier molecular flexibility index (Phi) is 4.67. The molecule has 1 aromatic heterocycles. The SMILES string of the molecule is CCC1CCCCC1Oc1nc(NN)ncc1[N+](=O)[O-]. The monoisotopic (exact) mass is 281 g/mol. The van der Waals surface area contributed by atoms with Crippen LogP contribution in [-0.4, -0.2) is 21.0 Å². The van der Waals surface area contributed by atoms with E-state index in [2.05, 4.69) is 22.3 Å². The van der Waals surface area contributed by atoms with Crippen LogP contribution in [0.1, 0.15) is 39.0 Å². The van der Waals surface area contributed by atoms with Gasteiger partial charge < -0.3 is 4.74 Å². The Balaban J connectivity index is 2.23. The third-order valence-electron chi connectivity index (χ3n) is 3.69. The van der Waals surface area contributed by atoms with Gasteiger partial charge in [0.1, 0.15) is 12.3 Å². The van der Waals surface area contributed by atoms with Gasteiger partial charge in [-0.25, -0.2) is 10.8 Å². The molecule has 0 aromatic carbocycles. The fourth-order valence-corrected chi connectivity index (χ4v) is 2.58. The van der Waals surface area contributed by atoms with E-state index >= 15 is 0 Å². The molecule has 2 atom stereocenters. The summed E-state index contributed by atoms with van der Waals surface area (Å²) in [4.78, 5) is 18.2. The van der Waals surface area contributed by atoms with E-state index < -0.39 is 4.92 Å². The van der Waals surface area contributed by atoms with Crippen molar-refractivity contribution in [3.05, 3.63) is 16.3 Å². The molecule has 3 N–H and O–H groups in total. The maximum absolute atomic E-state index is 11.0. The third-order valence-corrected chi connectivity index (χ3v) is 3.69. The zero-order valence-electron chi connectivity index (χ0n) is 11.4. The first-order valence-corrected chi connectivity index (χ1v) is 6.80. The van der Waals surface area contributed by atoms with Crippen LogP contribution in [0.25, 0.3) is 0 Å². The summed E-state index contributed by atoms with van der Waals surface area (Å²) in [6.07, 6.45) is 6.30. The minimum Gasteiger partial charge on any atom is -0.469 e. The van der Waals surface area contributed by atoms with E-state index in [0.717, 1.165) is 31.9 Å². The minimum atomic E-state index is -0.542. The van der Waals surface area contributed by atoms with Gasteiger partial charge in [-0.1, -0.05) is 13.3 Å². The molecule has 0 saturated heterocycles. The van der Waals surface area contributed by atoms with Crippen LogP contribution in [0.5, 0.6) is 5.88 Å². The second kappa shape index (κ2) is 6.47. The Hall–Kier alpha value is -1.96. The van der Waals surface area contributed by atoms with Crippen molar-refractivity contribution in [2.75, 3.05) is 5.43 Å². The number of nitro groups is 1. The van der Waals surface area contributed by atoms with Gasteiger partial charge in [-0.3, -0.25) is 15.5 Å². The highest BCUT2D eigenvalue weighted by molar-refractivity contribution is 5.42. The van der Waals surface area contributed by atoms with Gasteiger partial charge in [0, 0.05) is 0 Å². The molecule has 0 bridgehead atoms. The lowest BCUT2D eigenvalue weighted by molar-refractivity contribution is -0.386. The van der Waals surface area contributed by atoms with Crippen LogP contribution in [0.3, 0.4) is 0 Å². The number of nitrogens with zero attached hydrogens (tertiary/aromatic N) is 3. The third kappa shape index (κ3) is 3.13. The number of hydrogen-bond donors (Lipinski definition) is 2. The van der Waals surface area contributed by atoms with Crippen LogP contribution in [0.4, 0.5) is 11.6 Å². The summed E-state index contributed by atoms with van der Waals surface area (Å²) in [6, 6.07) is 0. The first-order valence-electron chi connectivity index (χ1n) is 6.80. The molecular formula is C12H19N5O3. The van der Waals surface area contributed by atoms with Crippen LogP contribution in [-0.2, 0) is 0 Å². The van der Waals surface area contributed by atoms with Gasteiger partial charge in [0.15, 0.2) is 0 Å². The van der Waals surface area contributed by atoms with Gasteiger partial charge in [-0.15, -0.1) is 0 Å². The van der Waals surface area contributed by atoms with Crippen molar-refractivity contribution in [3.63, 3.8) is 0 Å². The molecule has 2 unspecified atom stereocenters. The van der Waals surface area contributed by atoms with Crippen molar-refractivity contribution in [2.24, 2.45) is 11.8 Å². The Morgan fingerprint density at radius 1 is 1.55 bits per heavy atom. The molecule has 2 rings (SSSR count). The number of hydrazine groups is 1. The fraction of sp³-hybridized carbons (Fsp3) is 0.667. The second-order valence-electron chi connectivity index (χ2n) is 4.89. The predicted molar refractivity (Wildman–Crippen MR) is 73.2 cm³/mol. The summed E-state index contributed by atoms with van der Waals surface area (Å²) in [6.45, 7) is 2.10. The quantitative estimate of drug-likeness (QED) is 0.481.